The minimum Gasteiger partial charge on any atom is -0.476 e. The number of rotatable bonds is 2. The average molecular weight is 308 g/mol. The van der Waals surface area contributed by atoms with Gasteiger partial charge in [-0.1, -0.05) is 20.8 Å². The van der Waals surface area contributed by atoms with Gasteiger partial charge < -0.3 is 5.11 Å². The van der Waals surface area contributed by atoms with Crippen molar-refractivity contribution in [2.45, 2.75) is 32.1 Å². The Morgan fingerprint density at radius 2 is 1.94 bits per heavy atom. The Hall–Kier alpha value is -1.04. The van der Waals surface area contributed by atoms with Gasteiger partial charge in [-0.3, -0.25) is 4.98 Å². The summed E-state index contributed by atoms with van der Waals surface area (Å²) in [6.07, 6.45) is 1.17. The Kier molecular flexibility index (Phi) is 3.57. The van der Waals surface area contributed by atoms with Gasteiger partial charge in [0.15, 0.2) is 0 Å². The van der Waals surface area contributed by atoms with E-state index in [0.717, 1.165) is 0 Å². The van der Waals surface area contributed by atoms with Crippen molar-refractivity contribution in [2.75, 3.05) is 0 Å². The maximum absolute atomic E-state index is 13.5. The van der Waals surface area contributed by atoms with Gasteiger partial charge in [0.2, 0.25) is 0 Å². The molecule has 0 spiro atoms. The van der Waals surface area contributed by atoms with Crippen molar-refractivity contribution in [3.05, 3.63) is 28.0 Å². The van der Waals surface area contributed by atoms with E-state index in [1.165, 1.54) is 12.3 Å². The molecule has 0 atom stereocenters. The fraction of sp³-hybridized carbons (Fsp3) is 0.455. The third-order valence-electron chi connectivity index (χ3n) is 2.23. The summed E-state index contributed by atoms with van der Waals surface area (Å²) in [6, 6.07) is 1.47. The van der Waals surface area contributed by atoms with Crippen molar-refractivity contribution < 1.29 is 18.7 Å². The second kappa shape index (κ2) is 4.33. The SMILES string of the molecule is CC(C)(C)c1cc(Br)cnc1C(F)(F)C(=O)O. The van der Waals surface area contributed by atoms with Gasteiger partial charge in [0.1, 0.15) is 5.69 Å². The molecular weight excluding hydrogens is 296 g/mol. The molecule has 0 aromatic carbocycles. The summed E-state index contributed by atoms with van der Waals surface area (Å²) in [5, 5.41) is 8.55. The Morgan fingerprint density at radius 1 is 1.41 bits per heavy atom. The van der Waals surface area contributed by atoms with Gasteiger partial charge in [0, 0.05) is 10.7 Å². The highest BCUT2D eigenvalue weighted by atomic mass is 79.9. The van der Waals surface area contributed by atoms with Crippen LogP contribution in [-0.2, 0) is 16.1 Å². The first kappa shape index (κ1) is 14.0. The Labute approximate surface area is 106 Å². The molecule has 0 bridgehead atoms. The van der Waals surface area contributed by atoms with Crippen LogP contribution < -0.4 is 0 Å². The van der Waals surface area contributed by atoms with Crippen molar-refractivity contribution in [1.29, 1.82) is 0 Å². The minimum atomic E-state index is -3.98. The van der Waals surface area contributed by atoms with Crippen LogP contribution in [0.1, 0.15) is 32.0 Å². The lowest BCUT2D eigenvalue weighted by Gasteiger charge is -2.24. The van der Waals surface area contributed by atoms with E-state index in [4.69, 9.17) is 5.11 Å². The molecule has 0 aliphatic carbocycles. The van der Waals surface area contributed by atoms with E-state index in [0.29, 0.717) is 4.47 Å². The molecule has 17 heavy (non-hydrogen) atoms. The molecule has 1 N–H and O–H groups in total. The Morgan fingerprint density at radius 3 is 2.35 bits per heavy atom. The van der Waals surface area contributed by atoms with Crippen LogP contribution in [0.3, 0.4) is 0 Å². The van der Waals surface area contributed by atoms with Crippen LogP contribution in [-0.4, -0.2) is 16.1 Å². The van der Waals surface area contributed by atoms with Crippen molar-refractivity contribution in [3.63, 3.8) is 0 Å². The molecule has 0 saturated carbocycles. The van der Waals surface area contributed by atoms with E-state index in [2.05, 4.69) is 20.9 Å². The fourth-order valence-electron chi connectivity index (χ4n) is 1.36. The standard InChI is InChI=1S/C11H12BrF2NO2/c1-10(2,3)7-4-6(12)5-15-8(7)11(13,14)9(16)17/h4-5H,1-3H3,(H,16,17). The molecule has 94 valence electrons. The van der Waals surface area contributed by atoms with Crippen LogP contribution in [0.4, 0.5) is 8.78 Å². The summed E-state index contributed by atoms with van der Waals surface area (Å²) < 4.78 is 27.6. The first-order valence-corrected chi connectivity index (χ1v) is 5.64. The summed E-state index contributed by atoms with van der Waals surface area (Å²) >= 11 is 3.14. The first-order chi connectivity index (χ1) is 7.56. The summed E-state index contributed by atoms with van der Waals surface area (Å²) in [6.45, 7) is 5.16. The van der Waals surface area contributed by atoms with Crippen LogP contribution >= 0.6 is 15.9 Å². The van der Waals surface area contributed by atoms with E-state index in [1.807, 2.05) is 0 Å². The quantitative estimate of drug-likeness (QED) is 0.912. The maximum atomic E-state index is 13.5. The molecule has 1 heterocycles. The van der Waals surface area contributed by atoms with E-state index in [9.17, 15) is 13.6 Å². The second-order valence-corrected chi connectivity index (χ2v) is 5.59. The third kappa shape index (κ3) is 2.80. The van der Waals surface area contributed by atoms with Crippen molar-refractivity contribution in [2.24, 2.45) is 0 Å². The van der Waals surface area contributed by atoms with Gasteiger partial charge in [-0.15, -0.1) is 0 Å². The number of aromatic nitrogens is 1. The smallest absolute Gasteiger partial charge is 0.384 e. The molecule has 0 saturated heterocycles. The van der Waals surface area contributed by atoms with Gasteiger partial charge in [0.05, 0.1) is 0 Å². The van der Waals surface area contributed by atoms with E-state index >= 15 is 0 Å². The molecule has 1 aromatic rings. The van der Waals surface area contributed by atoms with Crippen LogP contribution in [0.15, 0.2) is 16.7 Å². The highest BCUT2D eigenvalue weighted by molar-refractivity contribution is 9.10. The zero-order valence-electron chi connectivity index (χ0n) is 9.59. The lowest BCUT2D eigenvalue weighted by Crippen LogP contribution is -2.31. The summed E-state index contributed by atoms with van der Waals surface area (Å²) in [7, 11) is 0. The number of carbonyl (C=O) groups is 1. The van der Waals surface area contributed by atoms with Crippen molar-refractivity contribution in [3.8, 4) is 0 Å². The van der Waals surface area contributed by atoms with Crippen molar-refractivity contribution >= 4 is 21.9 Å². The van der Waals surface area contributed by atoms with Crippen molar-refractivity contribution in [1.82, 2.24) is 4.98 Å². The number of carboxylic acids is 1. The Balaban J connectivity index is 3.50. The molecule has 0 aliphatic heterocycles. The molecule has 0 fully saturated rings. The number of hydrogen-bond acceptors (Lipinski definition) is 2. The van der Waals surface area contributed by atoms with Crippen LogP contribution in [0.5, 0.6) is 0 Å². The maximum Gasteiger partial charge on any atom is 0.384 e. The molecule has 0 aliphatic rings. The largest absolute Gasteiger partial charge is 0.476 e. The lowest BCUT2D eigenvalue weighted by atomic mass is 9.84. The number of aliphatic carboxylic acids is 1. The second-order valence-electron chi connectivity index (χ2n) is 4.68. The highest BCUT2D eigenvalue weighted by Crippen LogP contribution is 2.36. The normalized spacial score (nSPS) is 12.6. The summed E-state index contributed by atoms with van der Waals surface area (Å²) in [5.41, 5.74) is -1.12. The third-order valence-corrected chi connectivity index (χ3v) is 2.66. The first-order valence-electron chi connectivity index (χ1n) is 4.84. The van der Waals surface area contributed by atoms with Crippen LogP contribution in [0.25, 0.3) is 0 Å². The van der Waals surface area contributed by atoms with Crippen LogP contribution in [0.2, 0.25) is 0 Å². The lowest BCUT2D eigenvalue weighted by molar-refractivity contribution is -0.167. The summed E-state index contributed by atoms with van der Waals surface area (Å²) in [5.74, 6) is -6.18. The number of nitrogens with zero attached hydrogens (tertiary/aromatic N) is 1. The fourth-order valence-corrected chi connectivity index (χ4v) is 1.69. The molecule has 3 nitrogen and oxygen atoms in total. The number of pyridine rings is 1. The molecule has 1 aromatic heterocycles. The zero-order valence-corrected chi connectivity index (χ0v) is 11.2. The highest BCUT2D eigenvalue weighted by Gasteiger charge is 2.46. The number of halogens is 3. The van der Waals surface area contributed by atoms with Gasteiger partial charge >= 0.3 is 11.9 Å². The molecule has 0 amide bonds. The van der Waals surface area contributed by atoms with Crippen LogP contribution in [0, 0.1) is 0 Å². The number of hydrogen-bond donors (Lipinski definition) is 1. The number of alkyl halides is 2. The van der Waals surface area contributed by atoms with Gasteiger partial charge in [0.25, 0.3) is 0 Å². The van der Waals surface area contributed by atoms with Gasteiger partial charge in [-0.05, 0) is 33.0 Å². The molecular formula is C11H12BrF2NO2. The van der Waals surface area contributed by atoms with E-state index in [-0.39, 0.29) is 5.56 Å². The average Bonchev–Trinajstić information content (AvgIpc) is 2.15. The van der Waals surface area contributed by atoms with Gasteiger partial charge in [-0.2, -0.15) is 8.78 Å². The molecule has 0 radical (unpaired) electrons. The minimum absolute atomic E-state index is 0.208. The molecule has 6 heteroatoms. The zero-order chi connectivity index (χ0) is 13.4. The summed E-state index contributed by atoms with van der Waals surface area (Å²) in [4.78, 5) is 14.1. The predicted octanol–water partition coefficient (Wildman–Crippen LogP) is 3.32. The topological polar surface area (TPSA) is 50.2 Å². The van der Waals surface area contributed by atoms with E-state index < -0.39 is 23.0 Å². The monoisotopic (exact) mass is 307 g/mol. The predicted molar refractivity (Wildman–Crippen MR) is 62.2 cm³/mol. The Bertz CT molecular complexity index is 455. The molecule has 0 unspecified atom stereocenters. The van der Waals surface area contributed by atoms with Gasteiger partial charge in [-0.25, -0.2) is 4.79 Å². The number of carboxylic acid groups (broad SMARTS) is 1. The molecule has 1 rings (SSSR count). The van der Waals surface area contributed by atoms with E-state index in [1.54, 1.807) is 20.8 Å².